The fourth-order valence-corrected chi connectivity index (χ4v) is 2.07. The molecule has 0 saturated heterocycles. The zero-order valence-corrected chi connectivity index (χ0v) is 9.26. The Labute approximate surface area is 96.6 Å². The van der Waals surface area contributed by atoms with Crippen LogP contribution in [-0.2, 0) is 9.05 Å². The summed E-state index contributed by atoms with van der Waals surface area (Å²) in [6, 6.07) is 0.257. The molecule has 1 aromatic rings. The molecule has 0 radical (unpaired) electrons. The van der Waals surface area contributed by atoms with Gasteiger partial charge in [0.25, 0.3) is 15.5 Å². The molecule has 1 rings (SSSR count). The number of hydrogen-bond donors (Lipinski definition) is 1. The zero-order valence-electron chi connectivity index (χ0n) is 7.69. The standard InChI is InChI=1S/C6H3ClF2N2O5S/c7-17(15,16)6-4(5(8)9)2(12)1-3(10-6)11(13)14/h1,5H,(H,10,12). The third-order valence-corrected chi connectivity index (χ3v) is 2.95. The summed E-state index contributed by atoms with van der Waals surface area (Å²) >= 11 is 0. The second-order valence-corrected chi connectivity index (χ2v) is 5.26. The van der Waals surface area contributed by atoms with Crippen LogP contribution < -0.4 is 5.43 Å². The Kier molecular flexibility index (Phi) is 3.48. The van der Waals surface area contributed by atoms with Gasteiger partial charge in [-0.1, -0.05) is 0 Å². The molecular formula is C6H3ClF2N2O5S. The summed E-state index contributed by atoms with van der Waals surface area (Å²) < 4.78 is 46.7. The number of nitrogens with zero attached hydrogens (tertiary/aromatic N) is 1. The van der Waals surface area contributed by atoms with E-state index in [1.165, 1.54) is 0 Å². The van der Waals surface area contributed by atoms with Crippen LogP contribution in [0, 0.1) is 10.1 Å². The summed E-state index contributed by atoms with van der Waals surface area (Å²) in [5.74, 6) is -1.04. The molecule has 94 valence electrons. The summed E-state index contributed by atoms with van der Waals surface area (Å²) in [6.45, 7) is 0. The van der Waals surface area contributed by atoms with Crippen LogP contribution in [0.5, 0.6) is 0 Å². The molecule has 0 fully saturated rings. The first-order chi connectivity index (χ1) is 7.64. The molecule has 0 aliphatic rings. The lowest BCUT2D eigenvalue weighted by molar-refractivity contribution is -0.390. The molecule has 0 aliphatic carbocycles. The fourth-order valence-electron chi connectivity index (χ4n) is 1.03. The highest BCUT2D eigenvalue weighted by atomic mass is 35.7. The average Bonchev–Trinajstić information content (AvgIpc) is 2.14. The molecule has 17 heavy (non-hydrogen) atoms. The van der Waals surface area contributed by atoms with Crippen molar-refractivity contribution in [2.75, 3.05) is 0 Å². The van der Waals surface area contributed by atoms with E-state index < -0.39 is 42.2 Å². The Bertz CT molecular complexity index is 626. The summed E-state index contributed by atoms with van der Waals surface area (Å²) in [5, 5.41) is 8.96. The lowest BCUT2D eigenvalue weighted by Gasteiger charge is -2.03. The van der Waals surface area contributed by atoms with Crippen LogP contribution in [0.15, 0.2) is 15.9 Å². The van der Waals surface area contributed by atoms with E-state index in [1.807, 2.05) is 0 Å². The number of aromatic amines is 1. The predicted octanol–water partition coefficient (Wildman–Crippen LogP) is 1.15. The monoisotopic (exact) mass is 288 g/mol. The molecule has 0 amide bonds. The number of halogens is 3. The van der Waals surface area contributed by atoms with E-state index in [2.05, 4.69) is 0 Å². The molecular weight excluding hydrogens is 286 g/mol. The molecule has 11 heteroatoms. The molecule has 0 spiro atoms. The third-order valence-electron chi connectivity index (χ3n) is 1.68. The second kappa shape index (κ2) is 4.37. The van der Waals surface area contributed by atoms with Gasteiger partial charge in [0.1, 0.15) is 5.56 Å². The van der Waals surface area contributed by atoms with Crippen LogP contribution in [0.3, 0.4) is 0 Å². The zero-order chi connectivity index (χ0) is 13.4. The maximum atomic E-state index is 12.4. The van der Waals surface area contributed by atoms with Crippen molar-refractivity contribution in [3.63, 3.8) is 0 Å². The normalized spacial score (nSPS) is 11.8. The minimum atomic E-state index is -4.72. The topological polar surface area (TPSA) is 110 Å². The summed E-state index contributed by atoms with van der Waals surface area (Å²) in [7, 11) is 0.0778. The summed E-state index contributed by atoms with van der Waals surface area (Å²) in [5.41, 5.74) is -2.91. The number of rotatable bonds is 3. The van der Waals surface area contributed by atoms with Crippen molar-refractivity contribution in [2.45, 2.75) is 11.5 Å². The quantitative estimate of drug-likeness (QED) is 0.509. The maximum absolute atomic E-state index is 12.4. The van der Waals surface area contributed by atoms with Gasteiger partial charge >= 0.3 is 5.82 Å². The van der Waals surface area contributed by atoms with Gasteiger partial charge in [0.15, 0.2) is 0 Å². The smallest absolute Gasteiger partial charge is 0.325 e. The van der Waals surface area contributed by atoms with Crippen molar-refractivity contribution in [3.05, 3.63) is 32.0 Å². The SMILES string of the molecule is O=c1cc([N+](=O)[O-])[nH]c(S(=O)(=O)Cl)c1C(F)F. The largest absolute Gasteiger partial charge is 0.358 e. The van der Waals surface area contributed by atoms with E-state index in [1.54, 1.807) is 4.98 Å². The Morgan fingerprint density at radius 2 is 2.00 bits per heavy atom. The number of hydrogen-bond acceptors (Lipinski definition) is 5. The van der Waals surface area contributed by atoms with Gasteiger partial charge in [-0.05, 0) is 4.92 Å². The first-order valence-corrected chi connectivity index (χ1v) is 6.10. The summed E-state index contributed by atoms with van der Waals surface area (Å²) in [6.07, 6.45) is -3.43. The minimum absolute atomic E-state index is 0.257. The summed E-state index contributed by atoms with van der Waals surface area (Å²) in [4.78, 5) is 21.9. The Morgan fingerprint density at radius 3 is 2.35 bits per heavy atom. The molecule has 0 aromatic carbocycles. The molecule has 1 aromatic heterocycles. The van der Waals surface area contributed by atoms with Crippen molar-refractivity contribution in [3.8, 4) is 0 Å². The number of alkyl halides is 2. The first kappa shape index (κ1) is 13.5. The molecule has 0 unspecified atom stereocenters. The van der Waals surface area contributed by atoms with Crippen LogP contribution in [0.2, 0.25) is 0 Å². The molecule has 7 nitrogen and oxygen atoms in total. The van der Waals surface area contributed by atoms with Crippen molar-refractivity contribution in [1.29, 1.82) is 0 Å². The lowest BCUT2D eigenvalue weighted by Crippen LogP contribution is -2.17. The van der Waals surface area contributed by atoms with Crippen LogP contribution in [0.4, 0.5) is 14.6 Å². The Morgan fingerprint density at radius 1 is 1.47 bits per heavy atom. The van der Waals surface area contributed by atoms with Gasteiger partial charge in [-0.25, -0.2) is 22.2 Å². The number of nitro groups is 1. The van der Waals surface area contributed by atoms with Gasteiger partial charge < -0.3 is 10.1 Å². The van der Waals surface area contributed by atoms with Crippen molar-refractivity contribution >= 4 is 25.6 Å². The van der Waals surface area contributed by atoms with Crippen LogP contribution >= 0.6 is 10.7 Å². The second-order valence-electron chi connectivity index (χ2n) is 2.76. The maximum Gasteiger partial charge on any atom is 0.325 e. The van der Waals surface area contributed by atoms with Gasteiger partial charge in [-0.2, -0.15) is 0 Å². The van der Waals surface area contributed by atoms with E-state index in [0.717, 1.165) is 0 Å². The highest BCUT2D eigenvalue weighted by Crippen LogP contribution is 2.25. The number of nitrogens with one attached hydrogen (secondary N) is 1. The van der Waals surface area contributed by atoms with Gasteiger partial charge in [0.05, 0.1) is 6.07 Å². The fraction of sp³-hybridized carbons (Fsp3) is 0.167. The highest BCUT2D eigenvalue weighted by Gasteiger charge is 2.30. The first-order valence-electron chi connectivity index (χ1n) is 3.79. The number of aromatic nitrogens is 1. The molecule has 0 aliphatic heterocycles. The van der Waals surface area contributed by atoms with Crippen LogP contribution in [-0.4, -0.2) is 18.3 Å². The number of H-pyrrole nitrogens is 1. The Hall–Kier alpha value is -1.55. The molecule has 0 atom stereocenters. The van der Waals surface area contributed by atoms with Crippen LogP contribution in [0.1, 0.15) is 12.0 Å². The van der Waals surface area contributed by atoms with Gasteiger partial charge in [0, 0.05) is 10.7 Å². The van der Waals surface area contributed by atoms with Gasteiger partial charge in [-0.3, -0.25) is 4.79 Å². The van der Waals surface area contributed by atoms with E-state index in [4.69, 9.17) is 10.7 Å². The Balaban J connectivity index is 3.76. The average molecular weight is 289 g/mol. The van der Waals surface area contributed by atoms with E-state index >= 15 is 0 Å². The molecule has 0 saturated carbocycles. The molecule has 1 N–H and O–H groups in total. The van der Waals surface area contributed by atoms with Gasteiger partial charge in [0.2, 0.25) is 10.5 Å². The predicted molar refractivity (Wildman–Crippen MR) is 51.7 cm³/mol. The van der Waals surface area contributed by atoms with E-state index in [-0.39, 0.29) is 6.07 Å². The molecule has 0 bridgehead atoms. The van der Waals surface area contributed by atoms with Crippen molar-refractivity contribution < 1.29 is 22.1 Å². The van der Waals surface area contributed by atoms with E-state index in [9.17, 15) is 32.1 Å². The highest BCUT2D eigenvalue weighted by molar-refractivity contribution is 8.13. The number of pyridine rings is 1. The minimum Gasteiger partial charge on any atom is -0.358 e. The lowest BCUT2D eigenvalue weighted by atomic mass is 10.3. The third kappa shape index (κ3) is 2.77. The van der Waals surface area contributed by atoms with Gasteiger partial charge in [-0.15, -0.1) is 0 Å². The van der Waals surface area contributed by atoms with Crippen molar-refractivity contribution in [1.82, 2.24) is 4.98 Å². The van der Waals surface area contributed by atoms with E-state index in [0.29, 0.717) is 0 Å². The molecule has 1 heterocycles. The van der Waals surface area contributed by atoms with Crippen LogP contribution in [0.25, 0.3) is 0 Å². The van der Waals surface area contributed by atoms with Crippen molar-refractivity contribution in [2.24, 2.45) is 0 Å².